The van der Waals surface area contributed by atoms with E-state index in [1.807, 2.05) is 0 Å². The van der Waals surface area contributed by atoms with E-state index in [9.17, 15) is 0 Å². The maximum absolute atomic E-state index is 2.54. The molecule has 1 aliphatic carbocycles. The molecule has 0 spiro atoms. The van der Waals surface area contributed by atoms with Crippen molar-refractivity contribution < 1.29 is 0 Å². The Balaban J connectivity index is 2.60. The highest BCUT2D eigenvalue weighted by Crippen LogP contribution is 2.44. The summed E-state index contributed by atoms with van der Waals surface area (Å²) < 4.78 is 0. The third-order valence-corrected chi connectivity index (χ3v) is 3.16. The van der Waals surface area contributed by atoms with Crippen LogP contribution in [0.25, 0.3) is 0 Å². The van der Waals surface area contributed by atoms with Gasteiger partial charge in [-0.25, -0.2) is 0 Å². The predicted octanol–water partition coefficient (Wildman–Crippen LogP) is 1.81. The average molecular weight is 184 g/mol. The summed E-state index contributed by atoms with van der Waals surface area (Å²) in [5.74, 6) is 0. The molecule has 1 aliphatic rings. The summed E-state index contributed by atoms with van der Waals surface area (Å²) in [6.45, 7) is 8.08. The van der Waals surface area contributed by atoms with Crippen LogP contribution in [0.4, 0.5) is 0 Å². The molecule has 0 saturated heterocycles. The van der Waals surface area contributed by atoms with E-state index >= 15 is 0 Å². The molecule has 0 amide bonds. The molecule has 1 fully saturated rings. The molecule has 1 rings (SSSR count). The second-order valence-corrected chi connectivity index (χ2v) is 5.69. The minimum atomic E-state index is 0.298. The van der Waals surface area contributed by atoms with Gasteiger partial charge in [0, 0.05) is 17.6 Å². The Morgan fingerprint density at radius 2 is 1.54 bits per heavy atom. The highest BCUT2D eigenvalue weighted by atomic mass is 15.3. The van der Waals surface area contributed by atoms with E-state index in [2.05, 4.69) is 51.7 Å². The van der Waals surface area contributed by atoms with Crippen LogP contribution in [0.1, 0.15) is 33.6 Å². The Kier molecular flexibility index (Phi) is 2.75. The number of nitrogens with zero attached hydrogens (tertiary/aromatic N) is 2. The van der Waals surface area contributed by atoms with Gasteiger partial charge in [0.1, 0.15) is 0 Å². The second kappa shape index (κ2) is 3.25. The molecule has 2 nitrogen and oxygen atoms in total. The van der Waals surface area contributed by atoms with Crippen molar-refractivity contribution in [2.75, 3.05) is 27.7 Å². The number of likely N-dealkylation sites (N-methyl/N-ethyl adjacent to an activating group) is 2. The average Bonchev–Trinajstić information content (AvgIpc) is 2.64. The van der Waals surface area contributed by atoms with E-state index in [0.29, 0.717) is 11.1 Å². The molecule has 13 heavy (non-hydrogen) atoms. The highest BCUT2D eigenvalue weighted by Gasteiger charge is 2.49. The van der Waals surface area contributed by atoms with Crippen LogP contribution in [0, 0.1) is 0 Å². The van der Waals surface area contributed by atoms with Gasteiger partial charge < -0.3 is 4.90 Å². The maximum Gasteiger partial charge on any atom is 0.0339 e. The van der Waals surface area contributed by atoms with E-state index in [4.69, 9.17) is 0 Å². The standard InChI is InChI=1S/C11H24N2/c1-10(2,3)13(6)11(7-8-11)9-12(4)5/h7-9H2,1-6H3. The van der Waals surface area contributed by atoms with Gasteiger partial charge in [0.2, 0.25) is 0 Å². The first kappa shape index (κ1) is 11.0. The van der Waals surface area contributed by atoms with Crippen molar-refractivity contribution in [1.82, 2.24) is 9.80 Å². The first-order valence-corrected chi connectivity index (χ1v) is 5.17. The zero-order valence-corrected chi connectivity index (χ0v) is 10.0. The van der Waals surface area contributed by atoms with Crippen LogP contribution in [0.2, 0.25) is 0 Å². The quantitative estimate of drug-likeness (QED) is 0.660. The van der Waals surface area contributed by atoms with Gasteiger partial charge in [-0.05, 0) is 54.8 Å². The lowest BCUT2D eigenvalue weighted by molar-refractivity contribution is 0.0808. The van der Waals surface area contributed by atoms with Crippen molar-refractivity contribution in [3.05, 3.63) is 0 Å². The molecule has 0 heterocycles. The minimum absolute atomic E-state index is 0.298. The molecule has 0 radical (unpaired) electrons. The van der Waals surface area contributed by atoms with Crippen molar-refractivity contribution >= 4 is 0 Å². The lowest BCUT2D eigenvalue weighted by atomic mass is 10.0. The second-order valence-electron chi connectivity index (χ2n) is 5.69. The third-order valence-electron chi connectivity index (χ3n) is 3.16. The van der Waals surface area contributed by atoms with E-state index in [-0.39, 0.29) is 0 Å². The number of rotatable bonds is 3. The summed E-state index contributed by atoms with van der Waals surface area (Å²) in [5.41, 5.74) is 0.772. The van der Waals surface area contributed by atoms with Crippen LogP contribution in [-0.2, 0) is 0 Å². The summed E-state index contributed by atoms with van der Waals surface area (Å²) in [4.78, 5) is 4.84. The molecule has 0 N–H and O–H groups in total. The van der Waals surface area contributed by atoms with Crippen LogP contribution in [0.15, 0.2) is 0 Å². The maximum atomic E-state index is 2.54. The van der Waals surface area contributed by atoms with Crippen LogP contribution in [0.5, 0.6) is 0 Å². The minimum Gasteiger partial charge on any atom is -0.308 e. The Morgan fingerprint density at radius 1 is 1.08 bits per heavy atom. The normalized spacial score (nSPS) is 21.2. The lowest BCUT2D eigenvalue weighted by Gasteiger charge is -2.40. The van der Waals surface area contributed by atoms with Gasteiger partial charge >= 0.3 is 0 Å². The molecule has 1 saturated carbocycles. The third kappa shape index (κ3) is 2.44. The lowest BCUT2D eigenvalue weighted by Crippen LogP contribution is -2.51. The van der Waals surface area contributed by atoms with Crippen molar-refractivity contribution in [2.24, 2.45) is 0 Å². The van der Waals surface area contributed by atoms with Crippen molar-refractivity contribution in [3.8, 4) is 0 Å². The van der Waals surface area contributed by atoms with Crippen molar-refractivity contribution in [3.63, 3.8) is 0 Å². The van der Waals surface area contributed by atoms with Gasteiger partial charge in [-0.2, -0.15) is 0 Å². The zero-order chi connectivity index (χ0) is 10.3. The zero-order valence-electron chi connectivity index (χ0n) is 10.0. The van der Waals surface area contributed by atoms with Gasteiger partial charge in [0.15, 0.2) is 0 Å². The smallest absolute Gasteiger partial charge is 0.0339 e. The van der Waals surface area contributed by atoms with Crippen LogP contribution >= 0.6 is 0 Å². The van der Waals surface area contributed by atoms with E-state index in [1.54, 1.807) is 0 Å². The Bertz CT molecular complexity index is 175. The first-order chi connectivity index (χ1) is 5.78. The SMILES string of the molecule is CN(C)CC1(N(C)C(C)(C)C)CC1. The summed E-state index contributed by atoms with van der Waals surface area (Å²) in [5, 5.41) is 0. The topological polar surface area (TPSA) is 6.48 Å². The van der Waals surface area contributed by atoms with E-state index in [1.165, 1.54) is 19.4 Å². The number of hydrogen-bond donors (Lipinski definition) is 0. The van der Waals surface area contributed by atoms with Gasteiger partial charge in [-0.1, -0.05) is 0 Å². The summed E-state index contributed by atoms with van der Waals surface area (Å²) in [6, 6.07) is 0. The summed E-state index contributed by atoms with van der Waals surface area (Å²) >= 11 is 0. The monoisotopic (exact) mass is 184 g/mol. The number of hydrogen-bond acceptors (Lipinski definition) is 2. The van der Waals surface area contributed by atoms with Crippen molar-refractivity contribution in [2.45, 2.75) is 44.7 Å². The van der Waals surface area contributed by atoms with Crippen LogP contribution < -0.4 is 0 Å². The van der Waals surface area contributed by atoms with Gasteiger partial charge in [-0.3, -0.25) is 4.90 Å². The first-order valence-electron chi connectivity index (χ1n) is 5.17. The summed E-state index contributed by atoms with van der Waals surface area (Å²) in [6.07, 6.45) is 2.72. The van der Waals surface area contributed by atoms with Gasteiger partial charge in [0.05, 0.1) is 0 Å². The van der Waals surface area contributed by atoms with E-state index in [0.717, 1.165) is 0 Å². The van der Waals surface area contributed by atoms with Gasteiger partial charge in [0.25, 0.3) is 0 Å². The molecule has 0 unspecified atom stereocenters. The molecule has 0 bridgehead atoms. The molecule has 0 aliphatic heterocycles. The van der Waals surface area contributed by atoms with Crippen LogP contribution in [-0.4, -0.2) is 48.6 Å². The Labute approximate surface area is 82.9 Å². The van der Waals surface area contributed by atoms with Gasteiger partial charge in [-0.15, -0.1) is 0 Å². The molecule has 0 aromatic heterocycles. The highest BCUT2D eigenvalue weighted by molar-refractivity contribution is 5.07. The van der Waals surface area contributed by atoms with E-state index < -0.39 is 0 Å². The molecule has 0 atom stereocenters. The Morgan fingerprint density at radius 3 is 1.77 bits per heavy atom. The predicted molar refractivity (Wildman–Crippen MR) is 58.0 cm³/mol. The van der Waals surface area contributed by atoms with Crippen molar-refractivity contribution in [1.29, 1.82) is 0 Å². The Hall–Kier alpha value is -0.0800. The van der Waals surface area contributed by atoms with Crippen LogP contribution in [0.3, 0.4) is 0 Å². The fourth-order valence-electron chi connectivity index (χ4n) is 2.04. The molecule has 78 valence electrons. The molecule has 0 aromatic rings. The fraction of sp³-hybridized carbons (Fsp3) is 1.00. The largest absolute Gasteiger partial charge is 0.308 e. The molecular formula is C11H24N2. The molecule has 0 aromatic carbocycles. The summed E-state index contributed by atoms with van der Waals surface area (Å²) in [7, 11) is 6.59. The molecule has 2 heteroatoms. The fourth-order valence-corrected chi connectivity index (χ4v) is 2.04. The molecular weight excluding hydrogens is 160 g/mol.